The smallest absolute Gasteiger partial charge is 0.229 e. The van der Waals surface area contributed by atoms with E-state index in [4.69, 9.17) is 0 Å². The summed E-state index contributed by atoms with van der Waals surface area (Å²) in [5.74, 6) is 0.745. The molecule has 0 spiro atoms. The third-order valence-electron chi connectivity index (χ3n) is 5.08. The molecular formula is C23H24N4O2. The average molecular weight is 388 g/mol. The highest BCUT2D eigenvalue weighted by atomic mass is 16.2. The lowest BCUT2D eigenvalue weighted by Gasteiger charge is -2.16. The van der Waals surface area contributed by atoms with E-state index in [1.54, 1.807) is 21.8 Å². The first kappa shape index (κ1) is 18.9. The van der Waals surface area contributed by atoms with Crippen molar-refractivity contribution in [1.82, 2.24) is 9.78 Å². The summed E-state index contributed by atoms with van der Waals surface area (Å²) in [6, 6.07) is 17.7. The van der Waals surface area contributed by atoms with Crippen LogP contribution < -0.4 is 10.2 Å². The van der Waals surface area contributed by atoms with E-state index < -0.39 is 0 Å². The van der Waals surface area contributed by atoms with E-state index in [9.17, 15) is 9.59 Å². The van der Waals surface area contributed by atoms with Gasteiger partial charge >= 0.3 is 0 Å². The lowest BCUT2D eigenvalue weighted by molar-refractivity contribution is -0.117. The summed E-state index contributed by atoms with van der Waals surface area (Å²) in [4.78, 5) is 26.2. The Kier molecular flexibility index (Phi) is 5.42. The number of nitrogens with zero attached hydrogens (tertiary/aromatic N) is 3. The Labute approximate surface area is 170 Å². The van der Waals surface area contributed by atoms with Crippen LogP contribution in [0, 0.1) is 6.92 Å². The van der Waals surface area contributed by atoms with Crippen molar-refractivity contribution in [1.29, 1.82) is 0 Å². The summed E-state index contributed by atoms with van der Waals surface area (Å²) in [5.41, 5.74) is 4.13. The predicted octanol–water partition coefficient (Wildman–Crippen LogP) is 3.55. The zero-order chi connectivity index (χ0) is 20.2. The van der Waals surface area contributed by atoms with Gasteiger partial charge in [0.1, 0.15) is 5.82 Å². The van der Waals surface area contributed by atoms with E-state index >= 15 is 0 Å². The van der Waals surface area contributed by atoms with E-state index in [1.165, 1.54) is 5.56 Å². The molecule has 0 unspecified atom stereocenters. The van der Waals surface area contributed by atoms with Crippen LogP contribution >= 0.6 is 0 Å². The van der Waals surface area contributed by atoms with Gasteiger partial charge in [-0.05, 0) is 36.6 Å². The molecule has 2 aromatic carbocycles. The second kappa shape index (κ2) is 8.31. The summed E-state index contributed by atoms with van der Waals surface area (Å²) in [6.07, 6.45) is 3.47. The first-order chi connectivity index (χ1) is 14.1. The lowest BCUT2D eigenvalue weighted by Crippen LogP contribution is -2.23. The highest BCUT2D eigenvalue weighted by Crippen LogP contribution is 2.22. The van der Waals surface area contributed by atoms with Crippen LogP contribution in [0.5, 0.6) is 0 Å². The minimum absolute atomic E-state index is 0.0963. The SMILES string of the molecule is Cc1cccc(Cn2nccc2NC(=O)Cc2ccc(N3CCCC3=O)cc2)c1. The van der Waals surface area contributed by atoms with Crippen molar-refractivity contribution in [2.45, 2.75) is 32.7 Å². The third kappa shape index (κ3) is 4.54. The molecule has 0 bridgehead atoms. The van der Waals surface area contributed by atoms with Crippen molar-refractivity contribution < 1.29 is 9.59 Å². The van der Waals surface area contributed by atoms with Gasteiger partial charge in [0.25, 0.3) is 0 Å². The van der Waals surface area contributed by atoms with Crippen molar-refractivity contribution in [3.63, 3.8) is 0 Å². The number of aromatic nitrogens is 2. The number of carbonyl (C=O) groups excluding carboxylic acids is 2. The van der Waals surface area contributed by atoms with Gasteiger partial charge in [-0.2, -0.15) is 5.10 Å². The van der Waals surface area contributed by atoms with Crippen molar-refractivity contribution >= 4 is 23.3 Å². The lowest BCUT2D eigenvalue weighted by atomic mass is 10.1. The van der Waals surface area contributed by atoms with Gasteiger partial charge in [0.15, 0.2) is 0 Å². The van der Waals surface area contributed by atoms with Crippen LogP contribution in [0.3, 0.4) is 0 Å². The molecule has 6 heteroatoms. The van der Waals surface area contributed by atoms with Gasteiger partial charge < -0.3 is 10.2 Å². The highest BCUT2D eigenvalue weighted by Gasteiger charge is 2.21. The molecule has 1 aliphatic rings. The van der Waals surface area contributed by atoms with Gasteiger partial charge in [-0.25, -0.2) is 4.68 Å². The number of benzene rings is 2. The summed E-state index contributed by atoms with van der Waals surface area (Å²) in [5, 5.41) is 7.28. The monoisotopic (exact) mass is 388 g/mol. The summed E-state index contributed by atoms with van der Waals surface area (Å²) in [6.45, 7) is 3.42. The van der Waals surface area contributed by atoms with Crippen LogP contribution in [0.4, 0.5) is 11.5 Å². The van der Waals surface area contributed by atoms with Gasteiger partial charge in [0, 0.05) is 24.7 Å². The molecular weight excluding hydrogens is 364 g/mol. The quantitative estimate of drug-likeness (QED) is 0.702. The van der Waals surface area contributed by atoms with Gasteiger partial charge in [-0.3, -0.25) is 9.59 Å². The Morgan fingerprint density at radius 3 is 2.66 bits per heavy atom. The molecule has 1 aliphatic heterocycles. The topological polar surface area (TPSA) is 67.2 Å². The molecule has 3 aromatic rings. The molecule has 0 aliphatic carbocycles. The first-order valence-electron chi connectivity index (χ1n) is 9.85. The Morgan fingerprint density at radius 2 is 1.93 bits per heavy atom. The Balaban J connectivity index is 1.38. The summed E-state index contributed by atoms with van der Waals surface area (Å²) < 4.78 is 1.79. The zero-order valence-electron chi connectivity index (χ0n) is 16.5. The molecule has 0 saturated carbocycles. The normalized spacial score (nSPS) is 13.7. The maximum Gasteiger partial charge on any atom is 0.229 e. The molecule has 1 N–H and O–H groups in total. The maximum absolute atomic E-state index is 12.5. The molecule has 148 valence electrons. The van der Waals surface area contributed by atoms with Crippen molar-refractivity contribution in [3.05, 3.63) is 77.5 Å². The molecule has 2 amide bonds. The zero-order valence-corrected chi connectivity index (χ0v) is 16.5. The van der Waals surface area contributed by atoms with Gasteiger partial charge in [-0.1, -0.05) is 42.0 Å². The largest absolute Gasteiger partial charge is 0.312 e. The molecule has 1 saturated heterocycles. The average Bonchev–Trinajstić information content (AvgIpc) is 3.31. The van der Waals surface area contributed by atoms with Crippen molar-refractivity contribution in [2.24, 2.45) is 0 Å². The molecule has 2 heterocycles. The first-order valence-corrected chi connectivity index (χ1v) is 9.85. The van der Waals surface area contributed by atoms with E-state index in [0.717, 1.165) is 29.8 Å². The van der Waals surface area contributed by atoms with Crippen LogP contribution in [0.25, 0.3) is 0 Å². The number of hydrogen-bond acceptors (Lipinski definition) is 3. The second-order valence-electron chi connectivity index (χ2n) is 7.40. The predicted molar refractivity (Wildman–Crippen MR) is 113 cm³/mol. The molecule has 4 rings (SSSR count). The molecule has 1 fully saturated rings. The third-order valence-corrected chi connectivity index (χ3v) is 5.08. The fourth-order valence-corrected chi connectivity index (χ4v) is 3.64. The number of aryl methyl sites for hydroxylation is 1. The van der Waals surface area contributed by atoms with Gasteiger partial charge in [0.05, 0.1) is 19.2 Å². The minimum Gasteiger partial charge on any atom is -0.312 e. The van der Waals surface area contributed by atoms with E-state index in [1.807, 2.05) is 36.4 Å². The maximum atomic E-state index is 12.5. The second-order valence-corrected chi connectivity index (χ2v) is 7.40. The number of rotatable bonds is 6. The number of carbonyl (C=O) groups is 2. The molecule has 6 nitrogen and oxygen atoms in total. The Hall–Kier alpha value is -3.41. The van der Waals surface area contributed by atoms with Crippen LogP contribution in [0.2, 0.25) is 0 Å². The van der Waals surface area contributed by atoms with Gasteiger partial charge in [0.2, 0.25) is 11.8 Å². The minimum atomic E-state index is -0.0963. The Morgan fingerprint density at radius 1 is 1.10 bits per heavy atom. The fraction of sp³-hybridized carbons (Fsp3) is 0.261. The van der Waals surface area contributed by atoms with Crippen LogP contribution in [0.15, 0.2) is 60.8 Å². The Bertz CT molecular complexity index is 1020. The number of anilines is 2. The number of hydrogen-bond donors (Lipinski definition) is 1. The number of amides is 2. The van der Waals surface area contributed by atoms with Crippen LogP contribution in [-0.2, 0) is 22.6 Å². The van der Waals surface area contributed by atoms with Crippen LogP contribution in [0.1, 0.15) is 29.5 Å². The molecule has 1 aromatic heterocycles. The van der Waals surface area contributed by atoms with E-state index in [0.29, 0.717) is 18.8 Å². The van der Waals surface area contributed by atoms with Crippen molar-refractivity contribution in [3.8, 4) is 0 Å². The van der Waals surface area contributed by atoms with Crippen LogP contribution in [-0.4, -0.2) is 28.1 Å². The van der Waals surface area contributed by atoms with Crippen molar-refractivity contribution in [2.75, 3.05) is 16.8 Å². The fourth-order valence-electron chi connectivity index (χ4n) is 3.64. The summed E-state index contributed by atoms with van der Waals surface area (Å²) >= 11 is 0. The van der Waals surface area contributed by atoms with E-state index in [-0.39, 0.29) is 18.2 Å². The standard InChI is InChI=1S/C23H24N4O2/c1-17-4-2-5-19(14-17)16-27-21(11-12-24-27)25-22(28)15-18-7-9-20(10-8-18)26-13-3-6-23(26)29/h2,4-5,7-12,14H,3,6,13,15-16H2,1H3,(H,25,28). The molecule has 29 heavy (non-hydrogen) atoms. The van der Waals surface area contributed by atoms with E-state index in [2.05, 4.69) is 29.5 Å². The number of nitrogens with one attached hydrogen (secondary N) is 1. The molecule has 0 radical (unpaired) electrons. The summed E-state index contributed by atoms with van der Waals surface area (Å²) in [7, 11) is 0. The highest BCUT2D eigenvalue weighted by molar-refractivity contribution is 5.95. The van der Waals surface area contributed by atoms with Gasteiger partial charge in [-0.15, -0.1) is 0 Å². The molecule has 0 atom stereocenters.